The van der Waals surface area contributed by atoms with E-state index in [9.17, 15) is 9.59 Å². The summed E-state index contributed by atoms with van der Waals surface area (Å²) < 4.78 is 5.48. The molecule has 21 heavy (non-hydrogen) atoms. The zero-order valence-electron chi connectivity index (χ0n) is 11.8. The van der Waals surface area contributed by atoms with Gasteiger partial charge in [-0.15, -0.1) is 0 Å². The van der Waals surface area contributed by atoms with E-state index in [-0.39, 0.29) is 11.8 Å². The second-order valence-corrected chi connectivity index (χ2v) is 5.13. The Labute approximate surface area is 121 Å². The normalized spacial score (nSPS) is 18.3. The molecule has 110 valence electrons. The third-order valence-electron chi connectivity index (χ3n) is 3.63. The smallest absolute Gasteiger partial charge is 0.248 e. The van der Waals surface area contributed by atoms with Crippen molar-refractivity contribution in [3.8, 4) is 11.5 Å². The number of anilines is 1. The van der Waals surface area contributed by atoms with Crippen LogP contribution in [0.1, 0.15) is 18.6 Å². The molecule has 0 radical (unpaired) electrons. The van der Waals surface area contributed by atoms with Gasteiger partial charge in [-0.2, -0.15) is 5.10 Å². The quantitative estimate of drug-likeness (QED) is 0.896. The van der Waals surface area contributed by atoms with Gasteiger partial charge in [-0.3, -0.25) is 14.7 Å². The molecule has 0 bridgehead atoms. The molecule has 0 aromatic carbocycles. The highest BCUT2D eigenvalue weighted by atomic mass is 16.3. The number of likely N-dealkylation sites (N-methyl/N-ethyl adjacent to an activating group) is 1. The van der Waals surface area contributed by atoms with Gasteiger partial charge < -0.3 is 14.6 Å². The van der Waals surface area contributed by atoms with Crippen LogP contribution < -0.4 is 5.32 Å². The van der Waals surface area contributed by atoms with Crippen LogP contribution >= 0.6 is 0 Å². The maximum absolute atomic E-state index is 12.1. The summed E-state index contributed by atoms with van der Waals surface area (Å²) in [5, 5.41) is 9.56. The Hall–Kier alpha value is -2.57. The second-order valence-electron chi connectivity index (χ2n) is 5.13. The van der Waals surface area contributed by atoms with Crippen LogP contribution in [0.2, 0.25) is 0 Å². The van der Waals surface area contributed by atoms with Crippen molar-refractivity contribution >= 4 is 17.6 Å². The number of carbonyl (C=O) groups excluding carboxylic acids is 2. The van der Waals surface area contributed by atoms with Crippen LogP contribution in [-0.4, -0.2) is 40.0 Å². The molecular formula is C14H16N4O3. The molecule has 1 saturated heterocycles. The summed E-state index contributed by atoms with van der Waals surface area (Å²) >= 11 is 0. The third kappa shape index (κ3) is 2.54. The Kier molecular flexibility index (Phi) is 3.25. The Balaban J connectivity index is 1.70. The first-order valence-corrected chi connectivity index (χ1v) is 6.73. The first-order chi connectivity index (χ1) is 10.0. The van der Waals surface area contributed by atoms with Crippen molar-refractivity contribution in [1.29, 1.82) is 0 Å². The lowest BCUT2D eigenvalue weighted by molar-refractivity contribution is -0.131. The Morgan fingerprint density at radius 3 is 2.95 bits per heavy atom. The molecule has 1 unspecified atom stereocenters. The number of nitrogens with one attached hydrogen (secondary N) is 2. The van der Waals surface area contributed by atoms with Gasteiger partial charge in [0.2, 0.25) is 11.8 Å². The van der Waals surface area contributed by atoms with E-state index in [0.717, 1.165) is 5.76 Å². The molecule has 3 rings (SSSR count). The lowest BCUT2D eigenvalue weighted by Crippen LogP contribution is -2.38. The van der Waals surface area contributed by atoms with E-state index < -0.39 is 6.04 Å². The number of aromatic amines is 1. The predicted molar refractivity (Wildman–Crippen MR) is 75.4 cm³/mol. The zero-order chi connectivity index (χ0) is 15.0. The average molecular weight is 288 g/mol. The van der Waals surface area contributed by atoms with Crippen LogP contribution in [0, 0.1) is 6.92 Å². The number of aryl methyl sites for hydroxylation is 1. The minimum absolute atomic E-state index is 0.0103. The molecule has 0 aliphatic carbocycles. The Bertz CT molecular complexity index is 688. The highest BCUT2D eigenvalue weighted by molar-refractivity contribution is 5.98. The van der Waals surface area contributed by atoms with E-state index >= 15 is 0 Å². The Morgan fingerprint density at radius 2 is 2.33 bits per heavy atom. The molecule has 2 aromatic heterocycles. The lowest BCUT2D eigenvalue weighted by Gasteiger charge is -2.18. The van der Waals surface area contributed by atoms with Crippen molar-refractivity contribution in [3.05, 3.63) is 24.0 Å². The molecule has 7 heteroatoms. The van der Waals surface area contributed by atoms with Gasteiger partial charge in [0.25, 0.3) is 0 Å². The van der Waals surface area contributed by atoms with Gasteiger partial charge in [0.15, 0.2) is 11.6 Å². The number of rotatable bonds is 3. The van der Waals surface area contributed by atoms with Gasteiger partial charge in [-0.1, -0.05) is 0 Å². The van der Waals surface area contributed by atoms with Crippen LogP contribution in [0.15, 0.2) is 22.6 Å². The van der Waals surface area contributed by atoms with Gasteiger partial charge in [-0.25, -0.2) is 0 Å². The standard InChI is InChI=1S/C14H16N4O3/c1-8-3-5-11(21-8)9-7-12(17-16-9)15-14(20)10-4-6-13(19)18(10)2/h3,5,7,10H,4,6H2,1-2H3,(H2,15,16,17,20). The number of hydrogen-bond donors (Lipinski definition) is 2. The monoisotopic (exact) mass is 288 g/mol. The number of hydrogen-bond acceptors (Lipinski definition) is 4. The minimum atomic E-state index is -0.427. The lowest BCUT2D eigenvalue weighted by atomic mass is 10.2. The largest absolute Gasteiger partial charge is 0.460 e. The van der Waals surface area contributed by atoms with Crippen molar-refractivity contribution < 1.29 is 14.0 Å². The molecular weight excluding hydrogens is 272 g/mol. The van der Waals surface area contributed by atoms with Gasteiger partial charge in [0.1, 0.15) is 17.5 Å². The van der Waals surface area contributed by atoms with Gasteiger partial charge in [0, 0.05) is 19.5 Å². The molecule has 2 aromatic rings. The molecule has 2 N–H and O–H groups in total. The SMILES string of the molecule is Cc1ccc(-c2cc(NC(=O)C3CCC(=O)N3C)n[nH]2)o1. The number of furan rings is 1. The maximum Gasteiger partial charge on any atom is 0.248 e. The summed E-state index contributed by atoms with van der Waals surface area (Å²) in [6.07, 6.45) is 0.946. The molecule has 0 saturated carbocycles. The average Bonchev–Trinajstić information content (AvgIpc) is 3.13. The number of H-pyrrole nitrogens is 1. The van der Waals surface area contributed by atoms with E-state index in [1.807, 2.05) is 19.1 Å². The fourth-order valence-corrected chi connectivity index (χ4v) is 2.41. The molecule has 2 amide bonds. The summed E-state index contributed by atoms with van der Waals surface area (Å²) in [5.74, 6) is 1.64. The van der Waals surface area contributed by atoms with E-state index in [0.29, 0.717) is 30.1 Å². The molecule has 7 nitrogen and oxygen atoms in total. The van der Waals surface area contributed by atoms with Crippen LogP contribution in [0.25, 0.3) is 11.5 Å². The Morgan fingerprint density at radius 1 is 1.52 bits per heavy atom. The van der Waals surface area contributed by atoms with Crippen molar-refractivity contribution in [3.63, 3.8) is 0 Å². The molecule has 1 fully saturated rings. The summed E-state index contributed by atoms with van der Waals surface area (Å²) in [4.78, 5) is 25.1. The van der Waals surface area contributed by atoms with Crippen LogP contribution in [0.3, 0.4) is 0 Å². The van der Waals surface area contributed by atoms with E-state index in [1.165, 1.54) is 4.90 Å². The second kappa shape index (κ2) is 5.08. The number of likely N-dealkylation sites (tertiary alicyclic amines) is 1. The summed E-state index contributed by atoms with van der Waals surface area (Å²) in [6.45, 7) is 1.86. The summed E-state index contributed by atoms with van der Waals surface area (Å²) in [6, 6.07) is 4.96. The zero-order valence-corrected chi connectivity index (χ0v) is 11.8. The molecule has 0 spiro atoms. The van der Waals surface area contributed by atoms with Crippen LogP contribution in [-0.2, 0) is 9.59 Å². The summed E-state index contributed by atoms with van der Waals surface area (Å²) in [7, 11) is 1.64. The van der Waals surface area contributed by atoms with E-state index in [2.05, 4.69) is 15.5 Å². The highest BCUT2D eigenvalue weighted by Gasteiger charge is 2.33. The fourth-order valence-electron chi connectivity index (χ4n) is 2.41. The first-order valence-electron chi connectivity index (χ1n) is 6.73. The van der Waals surface area contributed by atoms with Crippen molar-refractivity contribution in [1.82, 2.24) is 15.1 Å². The topological polar surface area (TPSA) is 91.2 Å². The van der Waals surface area contributed by atoms with E-state index in [1.54, 1.807) is 13.1 Å². The number of nitrogens with zero attached hydrogens (tertiary/aromatic N) is 2. The van der Waals surface area contributed by atoms with E-state index in [4.69, 9.17) is 4.42 Å². The van der Waals surface area contributed by atoms with Gasteiger partial charge in [-0.05, 0) is 25.5 Å². The third-order valence-corrected chi connectivity index (χ3v) is 3.63. The van der Waals surface area contributed by atoms with Crippen LogP contribution in [0.4, 0.5) is 5.82 Å². The van der Waals surface area contributed by atoms with Crippen molar-refractivity contribution in [2.75, 3.05) is 12.4 Å². The minimum Gasteiger partial charge on any atom is -0.460 e. The highest BCUT2D eigenvalue weighted by Crippen LogP contribution is 2.23. The van der Waals surface area contributed by atoms with Gasteiger partial charge in [0.05, 0.1) is 0 Å². The summed E-state index contributed by atoms with van der Waals surface area (Å²) in [5.41, 5.74) is 0.689. The number of amides is 2. The fraction of sp³-hybridized carbons (Fsp3) is 0.357. The molecule has 3 heterocycles. The molecule has 1 atom stereocenters. The maximum atomic E-state index is 12.1. The molecule has 1 aliphatic rings. The number of carbonyl (C=O) groups is 2. The van der Waals surface area contributed by atoms with Crippen molar-refractivity contribution in [2.45, 2.75) is 25.8 Å². The number of aromatic nitrogens is 2. The van der Waals surface area contributed by atoms with Gasteiger partial charge >= 0.3 is 0 Å². The molecule has 1 aliphatic heterocycles. The van der Waals surface area contributed by atoms with Crippen molar-refractivity contribution in [2.24, 2.45) is 0 Å². The predicted octanol–water partition coefficient (Wildman–Crippen LogP) is 1.54. The van der Waals surface area contributed by atoms with Crippen LogP contribution in [0.5, 0.6) is 0 Å². The first kappa shape index (κ1) is 13.4.